The van der Waals surface area contributed by atoms with Gasteiger partial charge in [0, 0.05) is 13.5 Å². The van der Waals surface area contributed by atoms with Crippen molar-refractivity contribution in [2.75, 3.05) is 13.2 Å². The highest BCUT2D eigenvalue weighted by molar-refractivity contribution is 7.20. The Balaban J connectivity index is 2.14. The summed E-state index contributed by atoms with van der Waals surface area (Å²) in [5.74, 6) is -3.35. The summed E-state index contributed by atoms with van der Waals surface area (Å²) in [4.78, 5) is 72.9. The summed E-state index contributed by atoms with van der Waals surface area (Å²) < 4.78 is 0.851. The molecule has 44 heavy (non-hydrogen) atoms. The minimum Gasteiger partial charge on any atom is -0.394 e. The Morgan fingerprint density at radius 2 is 1.55 bits per heavy atom. The molecule has 0 bridgehead atoms. The molecule has 0 unspecified atom stereocenters. The van der Waals surface area contributed by atoms with Crippen molar-refractivity contribution in [3.05, 3.63) is 29.3 Å². The number of nitrogens with two attached hydrogens (primary N) is 2. The van der Waals surface area contributed by atoms with Gasteiger partial charge in [0.2, 0.25) is 29.4 Å². The number of rotatable bonds is 17. The number of carbonyl (C=O) groups excluding carboxylic acids is 5. The highest BCUT2D eigenvalue weighted by Crippen LogP contribution is 2.24. The summed E-state index contributed by atoms with van der Waals surface area (Å²) in [6.07, 6.45) is 0.871. The Hall–Kier alpha value is -4.11. The zero-order valence-corrected chi connectivity index (χ0v) is 26.6. The minimum atomic E-state index is -1.42. The molecule has 14 nitrogen and oxygen atoms in total. The molecule has 9 N–H and O–H groups in total. The lowest BCUT2D eigenvalue weighted by Gasteiger charge is -2.27. The van der Waals surface area contributed by atoms with Crippen molar-refractivity contribution in [1.82, 2.24) is 26.3 Å². The SMILES string of the molecule is CC(=O)N[C@@H](CCCN=C(N)N)C(=O)N[C@@H](CO)C(=O)N[C@H](C(=O)N[C@@H](CC(C)C)C(=O)c1nc2ccccc2s1)C(C)C. The van der Waals surface area contributed by atoms with Crippen molar-refractivity contribution < 1.29 is 29.1 Å². The van der Waals surface area contributed by atoms with Gasteiger partial charge >= 0.3 is 0 Å². The Kier molecular flexibility index (Phi) is 14.1. The Morgan fingerprint density at radius 1 is 0.909 bits per heavy atom. The average Bonchev–Trinajstić information content (AvgIpc) is 3.38. The van der Waals surface area contributed by atoms with E-state index in [1.165, 1.54) is 18.3 Å². The van der Waals surface area contributed by atoms with Gasteiger partial charge in [-0.2, -0.15) is 0 Å². The van der Waals surface area contributed by atoms with Crippen LogP contribution in [0.1, 0.15) is 63.7 Å². The first-order valence-electron chi connectivity index (χ1n) is 14.5. The number of thiazole rings is 1. The molecule has 0 fully saturated rings. The molecule has 0 aliphatic rings. The predicted molar refractivity (Wildman–Crippen MR) is 169 cm³/mol. The van der Waals surface area contributed by atoms with Gasteiger partial charge in [-0.1, -0.05) is 39.8 Å². The summed E-state index contributed by atoms with van der Waals surface area (Å²) in [5, 5.41) is 20.5. The lowest BCUT2D eigenvalue weighted by atomic mass is 9.98. The standard InChI is InChI=1S/C29H44N8O6S/c1-15(2)13-20(24(40)28-36-18-9-6-7-11-22(18)44-28)34-27(43)23(16(3)4)37-26(42)21(14-38)35-25(41)19(33-17(5)39)10-8-12-32-29(30)31/h6-7,9,11,15-16,19-21,23,38H,8,10,12-14H2,1-5H3,(H,33,39)(H,34,43)(H,35,41)(H,37,42)(H4,30,31,32)/t19-,20-,21-,23-/m0/s1. The van der Waals surface area contributed by atoms with Crippen LogP contribution in [0, 0.1) is 11.8 Å². The molecule has 242 valence electrons. The molecular weight excluding hydrogens is 588 g/mol. The third-order valence-corrected chi connectivity index (χ3v) is 7.60. The summed E-state index contributed by atoms with van der Waals surface area (Å²) in [6, 6.07) is 2.96. The van der Waals surface area contributed by atoms with E-state index in [1.54, 1.807) is 13.8 Å². The second-order valence-electron chi connectivity index (χ2n) is 11.2. The van der Waals surface area contributed by atoms with Gasteiger partial charge in [-0.05, 0) is 43.2 Å². The quantitative estimate of drug-likeness (QED) is 0.0545. The van der Waals surface area contributed by atoms with Crippen molar-refractivity contribution in [3.8, 4) is 0 Å². The first-order chi connectivity index (χ1) is 20.7. The molecule has 0 spiro atoms. The van der Waals surface area contributed by atoms with E-state index in [4.69, 9.17) is 11.5 Å². The number of nitrogens with one attached hydrogen (secondary N) is 4. The summed E-state index contributed by atoms with van der Waals surface area (Å²) in [5.41, 5.74) is 11.3. The highest BCUT2D eigenvalue weighted by Gasteiger charge is 2.33. The van der Waals surface area contributed by atoms with E-state index in [9.17, 15) is 29.1 Å². The van der Waals surface area contributed by atoms with Crippen LogP contribution < -0.4 is 32.7 Å². The Labute approximate surface area is 260 Å². The first kappa shape index (κ1) is 36.1. The van der Waals surface area contributed by atoms with Crippen LogP contribution in [0.15, 0.2) is 29.3 Å². The van der Waals surface area contributed by atoms with E-state index >= 15 is 0 Å². The van der Waals surface area contributed by atoms with Crippen LogP contribution in [0.2, 0.25) is 0 Å². The number of ketones is 1. The molecule has 4 amide bonds. The third-order valence-electron chi connectivity index (χ3n) is 6.55. The maximum Gasteiger partial charge on any atom is 0.245 e. The number of hydrogen-bond donors (Lipinski definition) is 7. The zero-order chi connectivity index (χ0) is 33.0. The van der Waals surface area contributed by atoms with Gasteiger partial charge in [-0.15, -0.1) is 11.3 Å². The highest BCUT2D eigenvalue weighted by atomic mass is 32.1. The number of aliphatic imine (C=N–C) groups is 1. The minimum absolute atomic E-state index is 0.0655. The molecular formula is C29H44N8O6S. The van der Waals surface area contributed by atoms with E-state index in [0.717, 1.165) is 4.70 Å². The number of amides is 4. The van der Waals surface area contributed by atoms with Gasteiger partial charge in [0.05, 0.1) is 22.9 Å². The number of hydrogen-bond acceptors (Lipinski definition) is 9. The van der Waals surface area contributed by atoms with Crippen molar-refractivity contribution in [2.45, 2.75) is 78.0 Å². The van der Waals surface area contributed by atoms with Gasteiger partial charge in [0.1, 0.15) is 18.1 Å². The lowest BCUT2D eigenvalue weighted by Crippen LogP contribution is -2.59. The predicted octanol–water partition coefficient (Wildman–Crippen LogP) is 0.186. The van der Waals surface area contributed by atoms with E-state index in [0.29, 0.717) is 18.4 Å². The topological polar surface area (TPSA) is 231 Å². The largest absolute Gasteiger partial charge is 0.394 e. The second kappa shape index (κ2) is 17.3. The van der Waals surface area contributed by atoms with Crippen LogP contribution >= 0.6 is 11.3 Å². The Bertz CT molecular complexity index is 1310. The summed E-state index contributed by atoms with van der Waals surface area (Å²) >= 11 is 1.25. The number of para-hydroxylation sites is 1. The van der Waals surface area contributed by atoms with Crippen LogP contribution in [0.3, 0.4) is 0 Å². The van der Waals surface area contributed by atoms with Gasteiger partial charge in [-0.25, -0.2) is 4.98 Å². The second-order valence-corrected chi connectivity index (χ2v) is 12.2. The zero-order valence-electron chi connectivity index (χ0n) is 25.8. The van der Waals surface area contributed by atoms with E-state index in [-0.39, 0.29) is 35.6 Å². The number of aliphatic hydroxyl groups excluding tert-OH is 1. The molecule has 0 saturated carbocycles. The van der Waals surface area contributed by atoms with E-state index < -0.39 is 60.3 Å². The van der Waals surface area contributed by atoms with Gasteiger partial charge in [-0.3, -0.25) is 29.0 Å². The van der Waals surface area contributed by atoms with Crippen LogP contribution in [0.25, 0.3) is 10.2 Å². The summed E-state index contributed by atoms with van der Waals surface area (Å²) in [6.45, 7) is 7.98. The molecule has 0 saturated heterocycles. The molecule has 2 aromatic rings. The van der Waals surface area contributed by atoms with Crippen molar-refractivity contribution in [1.29, 1.82) is 0 Å². The number of fused-ring (bicyclic) bond motifs is 1. The number of nitrogens with zero attached hydrogens (tertiary/aromatic N) is 2. The lowest BCUT2D eigenvalue weighted by molar-refractivity contribution is -0.135. The normalized spacial score (nSPS) is 13.9. The maximum atomic E-state index is 13.5. The van der Waals surface area contributed by atoms with E-state index in [2.05, 4.69) is 31.2 Å². The fourth-order valence-electron chi connectivity index (χ4n) is 4.36. The van der Waals surface area contributed by atoms with Crippen LogP contribution in [-0.2, 0) is 19.2 Å². The fraction of sp³-hybridized carbons (Fsp3) is 0.552. The summed E-state index contributed by atoms with van der Waals surface area (Å²) in [7, 11) is 0. The number of aliphatic hydroxyl groups is 1. The number of aromatic nitrogens is 1. The number of carbonyl (C=O) groups is 5. The van der Waals surface area contributed by atoms with Crippen LogP contribution in [0.5, 0.6) is 0 Å². The molecule has 0 aliphatic carbocycles. The first-order valence-corrected chi connectivity index (χ1v) is 15.3. The Morgan fingerprint density at radius 3 is 2.11 bits per heavy atom. The smallest absolute Gasteiger partial charge is 0.245 e. The van der Waals surface area contributed by atoms with Crippen LogP contribution in [0.4, 0.5) is 0 Å². The molecule has 0 aliphatic heterocycles. The molecule has 0 radical (unpaired) electrons. The molecule has 1 aromatic heterocycles. The van der Waals surface area contributed by atoms with Crippen molar-refractivity contribution in [2.24, 2.45) is 28.3 Å². The third kappa shape index (κ3) is 11.2. The molecule has 1 heterocycles. The number of Topliss-reactive ketones (excluding diaryl/α,β-unsaturated/α-hetero) is 1. The van der Waals surface area contributed by atoms with Crippen molar-refractivity contribution >= 4 is 56.9 Å². The maximum absolute atomic E-state index is 13.5. The molecule has 1 aromatic carbocycles. The number of benzene rings is 1. The van der Waals surface area contributed by atoms with Crippen molar-refractivity contribution in [3.63, 3.8) is 0 Å². The molecule has 15 heteroatoms. The molecule has 4 atom stereocenters. The number of guanidine groups is 1. The molecule has 2 rings (SSSR count). The van der Waals surface area contributed by atoms with E-state index in [1.807, 2.05) is 38.1 Å². The van der Waals surface area contributed by atoms with Gasteiger partial charge in [0.15, 0.2) is 11.0 Å². The van der Waals surface area contributed by atoms with Gasteiger partial charge in [0.25, 0.3) is 0 Å². The monoisotopic (exact) mass is 632 g/mol. The fourth-order valence-corrected chi connectivity index (χ4v) is 5.32. The average molecular weight is 633 g/mol. The van der Waals surface area contributed by atoms with Gasteiger partial charge < -0.3 is 37.8 Å². The van der Waals surface area contributed by atoms with Crippen LogP contribution in [-0.4, -0.2) is 82.8 Å².